The summed E-state index contributed by atoms with van der Waals surface area (Å²) in [6.07, 6.45) is 6.74. The molecule has 0 aromatic rings. The largest absolute Gasteiger partial charge is 0.339 e. The fraction of sp³-hybridized carbons (Fsp3) is 0.941. The number of carbonyl (C=O) groups excluding carboxylic acids is 1. The second-order valence-corrected chi connectivity index (χ2v) is 7.51. The number of fused-ring (bicyclic) bond motifs is 2. The minimum absolute atomic E-state index is 0.164. The number of hydrogen-bond donors (Lipinski definition) is 1. The van der Waals surface area contributed by atoms with Gasteiger partial charge in [0.2, 0.25) is 5.91 Å². The van der Waals surface area contributed by atoms with Crippen LogP contribution in [0.4, 0.5) is 0 Å². The molecule has 4 heteroatoms. The lowest BCUT2D eigenvalue weighted by Crippen LogP contribution is -2.56. The molecule has 3 rings (SSSR count). The van der Waals surface area contributed by atoms with E-state index in [4.69, 9.17) is 5.73 Å². The molecule has 0 aromatic heterocycles. The van der Waals surface area contributed by atoms with Gasteiger partial charge in [0.25, 0.3) is 0 Å². The molecule has 2 aliphatic carbocycles. The van der Waals surface area contributed by atoms with Crippen molar-refractivity contribution in [1.82, 2.24) is 9.80 Å². The summed E-state index contributed by atoms with van der Waals surface area (Å²) in [6, 6.07) is 0.494. The third-order valence-corrected chi connectivity index (χ3v) is 6.34. The van der Waals surface area contributed by atoms with Crippen molar-refractivity contribution < 1.29 is 4.79 Å². The summed E-state index contributed by atoms with van der Waals surface area (Å²) < 4.78 is 0. The minimum atomic E-state index is -0.316. The van der Waals surface area contributed by atoms with E-state index in [-0.39, 0.29) is 17.9 Å². The summed E-state index contributed by atoms with van der Waals surface area (Å²) in [5.41, 5.74) is 6.10. The van der Waals surface area contributed by atoms with Gasteiger partial charge in [-0.05, 0) is 37.0 Å². The Bertz CT molecular complexity index is 378. The van der Waals surface area contributed by atoms with Crippen molar-refractivity contribution in [3.63, 3.8) is 0 Å². The highest BCUT2D eigenvalue weighted by molar-refractivity contribution is 5.82. The van der Waals surface area contributed by atoms with Crippen LogP contribution in [0.2, 0.25) is 0 Å². The quantitative estimate of drug-likeness (QED) is 0.858. The summed E-state index contributed by atoms with van der Waals surface area (Å²) in [7, 11) is 0. The average Bonchev–Trinajstić information content (AvgIpc) is 3.16. The van der Waals surface area contributed by atoms with Gasteiger partial charge in [-0.1, -0.05) is 26.7 Å². The van der Waals surface area contributed by atoms with Crippen LogP contribution in [0.3, 0.4) is 0 Å². The van der Waals surface area contributed by atoms with E-state index in [0.29, 0.717) is 0 Å². The Morgan fingerprint density at radius 2 is 1.90 bits per heavy atom. The maximum atomic E-state index is 12.4. The van der Waals surface area contributed by atoms with Crippen LogP contribution in [0.5, 0.6) is 0 Å². The first-order valence-electron chi connectivity index (χ1n) is 8.88. The minimum Gasteiger partial charge on any atom is -0.339 e. The third-order valence-electron chi connectivity index (χ3n) is 6.34. The fourth-order valence-electron chi connectivity index (χ4n) is 4.64. The number of hydrogen-bond acceptors (Lipinski definition) is 3. The highest BCUT2D eigenvalue weighted by Crippen LogP contribution is 2.46. The zero-order valence-corrected chi connectivity index (χ0v) is 13.6. The molecular formula is C17H31N3O. The van der Waals surface area contributed by atoms with E-state index in [1.165, 1.54) is 25.7 Å². The number of amides is 1. The lowest BCUT2D eigenvalue weighted by atomic mass is 9.93. The van der Waals surface area contributed by atoms with Crippen LogP contribution in [-0.2, 0) is 4.79 Å². The van der Waals surface area contributed by atoms with Crippen LogP contribution < -0.4 is 5.73 Å². The first-order chi connectivity index (χ1) is 10.1. The number of rotatable bonds is 4. The summed E-state index contributed by atoms with van der Waals surface area (Å²) in [5.74, 6) is 2.39. The summed E-state index contributed by atoms with van der Waals surface area (Å²) >= 11 is 0. The van der Waals surface area contributed by atoms with Gasteiger partial charge in [0.1, 0.15) is 0 Å². The van der Waals surface area contributed by atoms with E-state index in [1.54, 1.807) is 0 Å². The molecule has 0 aromatic carbocycles. The molecule has 5 atom stereocenters. The second kappa shape index (κ2) is 6.25. The molecule has 5 unspecified atom stereocenters. The maximum absolute atomic E-state index is 12.4. The second-order valence-electron chi connectivity index (χ2n) is 7.51. The molecule has 21 heavy (non-hydrogen) atoms. The molecule has 120 valence electrons. The number of nitrogens with two attached hydrogens (primary N) is 1. The molecular weight excluding hydrogens is 262 g/mol. The van der Waals surface area contributed by atoms with Crippen molar-refractivity contribution in [3.05, 3.63) is 0 Å². The predicted octanol–water partition coefficient (Wildman–Crippen LogP) is 1.69. The Morgan fingerprint density at radius 3 is 2.43 bits per heavy atom. The van der Waals surface area contributed by atoms with Gasteiger partial charge in [-0.15, -0.1) is 0 Å². The highest BCUT2D eigenvalue weighted by atomic mass is 16.2. The van der Waals surface area contributed by atoms with Crippen molar-refractivity contribution >= 4 is 5.91 Å². The average molecular weight is 293 g/mol. The molecule has 3 aliphatic rings. The van der Waals surface area contributed by atoms with Crippen LogP contribution >= 0.6 is 0 Å². The molecule has 2 saturated carbocycles. The van der Waals surface area contributed by atoms with Crippen molar-refractivity contribution in [2.75, 3.05) is 26.2 Å². The van der Waals surface area contributed by atoms with Gasteiger partial charge >= 0.3 is 0 Å². The molecule has 1 aliphatic heterocycles. The molecule has 0 spiro atoms. The van der Waals surface area contributed by atoms with Crippen LogP contribution in [0, 0.1) is 17.8 Å². The fourth-order valence-corrected chi connectivity index (χ4v) is 4.64. The zero-order chi connectivity index (χ0) is 15.0. The molecule has 2 bridgehead atoms. The van der Waals surface area contributed by atoms with Gasteiger partial charge in [-0.2, -0.15) is 0 Å². The van der Waals surface area contributed by atoms with E-state index in [2.05, 4.69) is 18.7 Å². The summed E-state index contributed by atoms with van der Waals surface area (Å²) in [6.45, 7) is 8.02. The third kappa shape index (κ3) is 2.98. The summed E-state index contributed by atoms with van der Waals surface area (Å²) in [4.78, 5) is 17.1. The van der Waals surface area contributed by atoms with E-state index in [9.17, 15) is 4.79 Å². The monoisotopic (exact) mass is 293 g/mol. The Hall–Kier alpha value is -0.610. The predicted molar refractivity (Wildman–Crippen MR) is 84.8 cm³/mol. The van der Waals surface area contributed by atoms with Crippen LogP contribution in [0.25, 0.3) is 0 Å². The van der Waals surface area contributed by atoms with Crippen LogP contribution in [0.15, 0.2) is 0 Å². The van der Waals surface area contributed by atoms with Gasteiger partial charge in [0, 0.05) is 32.2 Å². The lowest BCUT2D eigenvalue weighted by Gasteiger charge is -2.41. The van der Waals surface area contributed by atoms with E-state index in [1.807, 2.05) is 4.90 Å². The Balaban J connectivity index is 1.50. The molecule has 4 nitrogen and oxygen atoms in total. The van der Waals surface area contributed by atoms with Crippen molar-refractivity contribution in [2.24, 2.45) is 23.5 Å². The number of carbonyl (C=O) groups is 1. The van der Waals surface area contributed by atoms with Gasteiger partial charge in [0.05, 0.1) is 6.04 Å². The van der Waals surface area contributed by atoms with Gasteiger partial charge in [-0.3, -0.25) is 9.69 Å². The Kier molecular flexibility index (Phi) is 4.55. The van der Waals surface area contributed by atoms with E-state index >= 15 is 0 Å². The summed E-state index contributed by atoms with van der Waals surface area (Å²) in [5, 5.41) is 0. The topological polar surface area (TPSA) is 49.6 Å². The van der Waals surface area contributed by atoms with E-state index < -0.39 is 0 Å². The number of nitrogens with zero attached hydrogens (tertiary/aromatic N) is 2. The molecule has 1 heterocycles. The SMILES string of the molecule is CCC(C)C(N)C(=O)N1CCN(C2CC3CCC2C3)CC1. The van der Waals surface area contributed by atoms with Gasteiger partial charge in [0.15, 0.2) is 0 Å². The van der Waals surface area contributed by atoms with Crippen molar-refractivity contribution in [3.8, 4) is 0 Å². The normalized spacial score (nSPS) is 36.0. The lowest BCUT2D eigenvalue weighted by molar-refractivity contribution is -0.136. The van der Waals surface area contributed by atoms with Crippen LogP contribution in [0.1, 0.15) is 46.0 Å². The van der Waals surface area contributed by atoms with E-state index in [0.717, 1.165) is 50.5 Å². The Labute approximate surface area is 129 Å². The molecule has 1 saturated heterocycles. The first kappa shape index (κ1) is 15.3. The molecule has 0 radical (unpaired) electrons. The standard InChI is InChI=1S/C17H31N3O/c1-3-12(2)16(18)17(21)20-8-6-19(7-9-20)15-11-13-4-5-14(15)10-13/h12-16H,3-11,18H2,1-2H3. The highest BCUT2D eigenvalue weighted by Gasteiger charge is 2.43. The maximum Gasteiger partial charge on any atom is 0.239 e. The van der Waals surface area contributed by atoms with Crippen molar-refractivity contribution in [1.29, 1.82) is 0 Å². The smallest absolute Gasteiger partial charge is 0.239 e. The molecule has 2 N–H and O–H groups in total. The van der Waals surface area contributed by atoms with Gasteiger partial charge < -0.3 is 10.6 Å². The zero-order valence-electron chi connectivity index (χ0n) is 13.6. The first-order valence-corrected chi connectivity index (χ1v) is 8.88. The molecule has 1 amide bonds. The van der Waals surface area contributed by atoms with Gasteiger partial charge in [-0.25, -0.2) is 0 Å². The van der Waals surface area contributed by atoms with Crippen LogP contribution in [-0.4, -0.2) is 54.0 Å². The number of piperazine rings is 1. The Morgan fingerprint density at radius 1 is 1.19 bits per heavy atom. The van der Waals surface area contributed by atoms with Crippen molar-refractivity contribution in [2.45, 2.75) is 58.0 Å². The molecule has 3 fully saturated rings.